The molecule has 0 saturated carbocycles. The Morgan fingerprint density at radius 2 is 0.471 bits per heavy atom. The SMILES string of the molecule is CCN1CCN(CC)CCN(CCN2CCN(CC)CCN(CC)CC2)CC1.[Br-].[Br-].[Br-].[Br-].[Cu+2].[Cu+2]. The minimum absolute atomic E-state index is 0. The van der Waals surface area contributed by atoms with Gasteiger partial charge in [0.25, 0.3) is 0 Å². The van der Waals surface area contributed by atoms with Gasteiger partial charge in [0.05, 0.1) is 0 Å². The number of likely N-dealkylation sites (N-methyl/N-ethyl adjacent to an activating group) is 4. The Kier molecular flexibility index (Phi) is 39.3. The van der Waals surface area contributed by atoms with Gasteiger partial charge < -0.3 is 87.5 Å². The summed E-state index contributed by atoms with van der Waals surface area (Å²) in [4.78, 5) is 15.9. The first-order chi connectivity index (χ1) is 13.7. The first-order valence-corrected chi connectivity index (χ1v) is 12.0. The molecule has 0 amide bonds. The van der Waals surface area contributed by atoms with Gasteiger partial charge in [-0.15, -0.1) is 0 Å². The molecule has 2 saturated heterocycles. The summed E-state index contributed by atoms with van der Waals surface area (Å²) in [6.07, 6.45) is 0. The number of hydrogen-bond acceptors (Lipinski definition) is 6. The fourth-order valence-electron chi connectivity index (χ4n) is 4.36. The monoisotopic (exact) mass is 838 g/mol. The first kappa shape index (κ1) is 46.6. The molecule has 0 N–H and O–H groups in total. The van der Waals surface area contributed by atoms with Gasteiger partial charge >= 0.3 is 34.1 Å². The molecule has 2 heterocycles. The number of halogens is 4. The van der Waals surface area contributed by atoms with Crippen molar-refractivity contribution in [1.29, 1.82) is 0 Å². The Morgan fingerprint density at radius 3 is 0.618 bits per heavy atom. The van der Waals surface area contributed by atoms with Crippen molar-refractivity contribution in [3.05, 3.63) is 0 Å². The Bertz CT molecular complexity index is 354. The molecule has 0 aromatic rings. The van der Waals surface area contributed by atoms with Crippen LogP contribution in [0, 0.1) is 0 Å². The van der Waals surface area contributed by atoms with Crippen LogP contribution in [0.15, 0.2) is 0 Å². The molecule has 2 rings (SSSR count). The Labute approximate surface area is 274 Å². The Hall–Kier alpha value is 2.72. The summed E-state index contributed by atoms with van der Waals surface area (Å²) in [5.41, 5.74) is 0. The molecular formula is C22H48Br4Cu2N6. The Morgan fingerprint density at radius 1 is 0.324 bits per heavy atom. The standard InChI is InChI=1S/C22H48N6.4BrH.2Cu/c1-5-23-9-10-24(6-2)14-18-27(17-13-23)21-22-28-19-15-25(7-3)11-12-26(8-4)16-20-28;;;;;;/h5-22H2,1-4H3;4*1H;;/q;;;;;2*+2/p-4. The zero-order valence-electron chi connectivity index (χ0n) is 21.5. The van der Waals surface area contributed by atoms with Gasteiger partial charge in [0.15, 0.2) is 0 Å². The molecule has 0 aromatic heterocycles. The fourth-order valence-corrected chi connectivity index (χ4v) is 4.36. The molecule has 2 aliphatic rings. The van der Waals surface area contributed by atoms with Gasteiger partial charge in [0.2, 0.25) is 0 Å². The second-order valence-electron chi connectivity index (χ2n) is 8.42. The summed E-state index contributed by atoms with van der Waals surface area (Å²) in [5.74, 6) is 0. The van der Waals surface area contributed by atoms with E-state index in [-0.39, 0.29) is 102 Å². The van der Waals surface area contributed by atoms with Gasteiger partial charge in [0, 0.05) is 91.6 Å². The summed E-state index contributed by atoms with van der Waals surface area (Å²) >= 11 is 0. The van der Waals surface area contributed by atoms with Gasteiger partial charge in [-0.2, -0.15) is 0 Å². The first-order valence-electron chi connectivity index (χ1n) is 12.0. The summed E-state index contributed by atoms with van der Waals surface area (Å²) in [6, 6.07) is 0. The van der Waals surface area contributed by atoms with Gasteiger partial charge in [-0.3, -0.25) is 9.80 Å². The zero-order chi connectivity index (χ0) is 20.2. The van der Waals surface area contributed by atoms with Crippen LogP contribution in [0.1, 0.15) is 27.7 Å². The topological polar surface area (TPSA) is 19.4 Å². The molecule has 34 heavy (non-hydrogen) atoms. The van der Waals surface area contributed by atoms with E-state index in [1.54, 1.807) is 0 Å². The van der Waals surface area contributed by atoms with Crippen LogP contribution in [-0.2, 0) is 34.1 Å². The molecule has 6 nitrogen and oxygen atoms in total. The van der Waals surface area contributed by atoms with E-state index in [2.05, 4.69) is 57.1 Å². The van der Waals surface area contributed by atoms with Crippen LogP contribution in [-0.4, -0.2) is 147 Å². The molecule has 2 fully saturated rings. The summed E-state index contributed by atoms with van der Waals surface area (Å²) in [7, 11) is 0. The predicted octanol–water partition coefficient (Wildman–Crippen LogP) is -11.1. The van der Waals surface area contributed by atoms with Crippen LogP contribution in [0.25, 0.3) is 0 Å². The van der Waals surface area contributed by atoms with Crippen molar-refractivity contribution in [3.63, 3.8) is 0 Å². The summed E-state index contributed by atoms with van der Waals surface area (Å²) in [5, 5.41) is 0. The van der Waals surface area contributed by atoms with Gasteiger partial charge in [-0.25, -0.2) is 0 Å². The normalized spacial score (nSPS) is 20.5. The molecule has 0 atom stereocenters. The summed E-state index contributed by atoms with van der Waals surface area (Å²) < 4.78 is 0. The van der Waals surface area contributed by atoms with Gasteiger partial charge in [-0.05, 0) is 26.2 Å². The second kappa shape index (κ2) is 28.7. The molecule has 0 aliphatic carbocycles. The summed E-state index contributed by atoms with van der Waals surface area (Å²) in [6.45, 7) is 31.1. The molecule has 0 bridgehead atoms. The number of nitrogens with zero attached hydrogens (tertiary/aromatic N) is 6. The van der Waals surface area contributed by atoms with Crippen LogP contribution in [0.2, 0.25) is 0 Å². The van der Waals surface area contributed by atoms with Crippen LogP contribution < -0.4 is 67.9 Å². The minimum Gasteiger partial charge on any atom is -1.00 e. The van der Waals surface area contributed by atoms with Crippen molar-refractivity contribution in [2.45, 2.75) is 27.7 Å². The number of hydrogen-bond donors (Lipinski definition) is 0. The van der Waals surface area contributed by atoms with E-state index in [0.717, 1.165) is 0 Å². The van der Waals surface area contributed by atoms with Crippen molar-refractivity contribution in [3.8, 4) is 0 Å². The smallest absolute Gasteiger partial charge is 1.00 e. The van der Waals surface area contributed by atoms with Crippen molar-refractivity contribution in [2.75, 3.05) is 118 Å². The van der Waals surface area contributed by atoms with Crippen molar-refractivity contribution < 1.29 is 102 Å². The van der Waals surface area contributed by atoms with E-state index in [4.69, 9.17) is 0 Å². The van der Waals surface area contributed by atoms with Crippen molar-refractivity contribution >= 4 is 0 Å². The zero-order valence-corrected chi connectivity index (χ0v) is 29.8. The van der Waals surface area contributed by atoms with E-state index >= 15 is 0 Å². The third-order valence-corrected chi connectivity index (χ3v) is 6.92. The van der Waals surface area contributed by atoms with E-state index in [9.17, 15) is 0 Å². The maximum Gasteiger partial charge on any atom is 2.00 e. The van der Waals surface area contributed by atoms with Crippen LogP contribution >= 0.6 is 0 Å². The maximum absolute atomic E-state index is 2.72. The number of rotatable bonds is 7. The maximum atomic E-state index is 2.72. The largest absolute Gasteiger partial charge is 2.00 e. The van der Waals surface area contributed by atoms with E-state index in [1.165, 1.54) is 118 Å². The third kappa shape index (κ3) is 18.9. The van der Waals surface area contributed by atoms with Crippen molar-refractivity contribution in [1.82, 2.24) is 29.4 Å². The molecule has 0 spiro atoms. The van der Waals surface area contributed by atoms with Gasteiger partial charge in [-0.1, -0.05) is 27.7 Å². The molecule has 216 valence electrons. The average Bonchev–Trinajstić information content (AvgIpc) is 2.89. The fraction of sp³-hybridized carbons (Fsp3) is 1.00. The molecular weight excluding hydrogens is 795 g/mol. The molecule has 0 unspecified atom stereocenters. The molecule has 2 radical (unpaired) electrons. The molecule has 12 heteroatoms. The average molecular weight is 843 g/mol. The van der Waals surface area contributed by atoms with E-state index in [0.29, 0.717) is 0 Å². The predicted molar refractivity (Wildman–Crippen MR) is 121 cm³/mol. The van der Waals surface area contributed by atoms with E-state index < -0.39 is 0 Å². The molecule has 2 aliphatic heterocycles. The Balaban J connectivity index is -0.000000467. The third-order valence-electron chi connectivity index (χ3n) is 6.92. The van der Waals surface area contributed by atoms with E-state index in [1.807, 2.05) is 0 Å². The molecule has 0 aromatic carbocycles. The minimum atomic E-state index is 0. The second-order valence-corrected chi connectivity index (χ2v) is 8.42. The van der Waals surface area contributed by atoms with Gasteiger partial charge in [0.1, 0.15) is 0 Å². The van der Waals surface area contributed by atoms with Crippen molar-refractivity contribution in [2.24, 2.45) is 0 Å². The van der Waals surface area contributed by atoms with Crippen LogP contribution in [0.3, 0.4) is 0 Å². The van der Waals surface area contributed by atoms with Crippen LogP contribution in [0.4, 0.5) is 0 Å². The van der Waals surface area contributed by atoms with Crippen LogP contribution in [0.5, 0.6) is 0 Å². The quantitative estimate of drug-likeness (QED) is 0.236.